The second-order valence-corrected chi connectivity index (χ2v) is 5.66. The number of para-hydroxylation sites is 1. The van der Waals surface area contributed by atoms with E-state index in [0.717, 1.165) is 0 Å². The van der Waals surface area contributed by atoms with Gasteiger partial charge in [0.2, 0.25) is 0 Å². The van der Waals surface area contributed by atoms with E-state index in [-0.39, 0.29) is 36.2 Å². The van der Waals surface area contributed by atoms with Crippen molar-refractivity contribution in [1.29, 1.82) is 0 Å². The van der Waals surface area contributed by atoms with Crippen LogP contribution < -0.4 is 0 Å². The Labute approximate surface area is 150 Å². The first kappa shape index (κ1) is 17.5. The summed E-state index contributed by atoms with van der Waals surface area (Å²) in [7, 11) is 0. The topological polar surface area (TPSA) is 38.1 Å². The summed E-state index contributed by atoms with van der Waals surface area (Å²) in [5.41, 5.74) is 0.790. The van der Waals surface area contributed by atoms with Crippen molar-refractivity contribution in [3.8, 4) is 5.69 Å². The first-order valence-corrected chi connectivity index (χ1v) is 8.04. The summed E-state index contributed by atoms with van der Waals surface area (Å²) in [6.45, 7) is 3.97. The van der Waals surface area contributed by atoms with Gasteiger partial charge in [-0.15, -0.1) is 6.58 Å². The molecule has 26 heavy (non-hydrogen) atoms. The van der Waals surface area contributed by atoms with E-state index >= 15 is 0 Å². The lowest BCUT2D eigenvalue weighted by Gasteiger charge is -2.20. The van der Waals surface area contributed by atoms with Crippen LogP contribution in [-0.2, 0) is 6.54 Å². The van der Waals surface area contributed by atoms with E-state index < -0.39 is 5.82 Å². The van der Waals surface area contributed by atoms with E-state index in [9.17, 15) is 13.6 Å². The van der Waals surface area contributed by atoms with Crippen LogP contribution in [0.1, 0.15) is 16.1 Å². The molecule has 3 rings (SSSR count). The molecule has 0 aliphatic rings. The molecule has 1 amide bonds. The van der Waals surface area contributed by atoms with E-state index in [1.54, 1.807) is 42.5 Å². The largest absolute Gasteiger partial charge is 0.329 e. The Kier molecular flexibility index (Phi) is 5.22. The number of hydrogen-bond donors (Lipinski definition) is 0. The number of nitrogens with zero attached hydrogens (tertiary/aromatic N) is 3. The third-order valence-electron chi connectivity index (χ3n) is 3.86. The zero-order valence-electron chi connectivity index (χ0n) is 14.0. The lowest BCUT2D eigenvalue weighted by atomic mass is 10.2. The second-order valence-electron chi connectivity index (χ2n) is 5.66. The highest BCUT2D eigenvalue weighted by Crippen LogP contribution is 2.15. The van der Waals surface area contributed by atoms with Crippen LogP contribution in [0.3, 0.4) is 0 Å². The zero-order chi connectivity index (χ0) is 18.5. The van der Waals surface area contributed by atoms with Crippen LogP contribution in [0.15, 0.2) is 73.4 Å². The number of carbonyl (C=O) groups excluding carboxylic acids is 1. The molecule has 1 aromatic heterocycles. The molecule has 0 N–H and O–H groups in total. The van der Waals surface area contributed by atoms with Crippen molar-refractivity contribution in [2.24, 2.45) is 0 Å². The molecule has 2 aromatic carbocycles. The minimum Gasteiger partial charge on any atom is -0.329 e. The van der Waals surface area contributed by atoms with Crippen molar-refractivity contribution in [3.63, 3.8) is 0 Å². The van der Waals surface area contributed by atoms with Crippen LogP contribution in [-0.4, -0.2) is 27.1 Å². The molecule has 1 heterocycles. The smallest absolute Gasteiger partial charge is 0.274 e. The van der Waals surface area contributed by atoms with Gasteiger partial charge in [0.05, 0.1) is 0 Å². The molecule has 0 spiro atoms. The van der Waals surface area contributed by atoms with Crippen molar-refractivity contribution >= 4 is 5.91 Å². The molecule has 4 nitrogen and oxygen atoms in total. The van der Waals surface area contributed by atoms with Crippen molar-refractivity contribution in [1.82, 2.24) is 14.7 Å². The number of benzene rings is 2. The van der Waals surface area contributed by atoms with Crippen LogP contribution in [0, 0.1) is 11.6 Å². The fourth-order valence-electron chi connectivity index (χ4n) is 2.58. The lowest BCUT2D eigenvalue weighted by Crippen LogP contribution is -2.31. The molecule has 3 aromatic rings. The maximum atomic E-state index is 13.9. The third-order valence-corrected chi connectivity index (χ3v) is 3.86. The van der Waals surface area contributed by atoms with Crippen LogP contribution in [0.25, 0.3) is 5.69 Å². The van der Waals surface area contributed by atoms with E-state index in [1.165, 1.54) is 34.0 Å². The van der Waals surface area contributed by atoms with Crippen LogP contribution in [0.5, 0.6) is 0 Å². The van der Waals surface area contributed by atoms with Crippen molar-refractivity contribution < 1.29 is 13.6 Å². The quantitative estimate of drug-likeness (QED) is 0.629. The Hall–Kier alpha value is -3.28. The van der Waals surface area contributed by atoms with Crippen molar-refractivity contribution in [2.75, 3.05) is 6.54 Å². The predicted molar refractivity (Wildman–Crippen MR) is 94.9 cm³/mol. The molecule has 0 fully saturated rings. The SMILES string of the molecule is C=CCN(Cc1ccccc1F)C(=O)c1ccn(-c2ccccc2F)n1. The van der Waals surface area contributed by atoms with E-state index in [1.807, 2.05) is 0 Å². The fraction of sp³-hybridized carbons (Fsp3) is 0.100. The van der Waals surface area contributed by atoms with Gasteiger partial charge in [-0.05, 0) is 24.3 Å². The zero-order valence-corrected chi connectivity index (χ0v) is 14.0. The molecular weight excluding hydrogens is 336 g/mol. The monoisotopic (exact) mass is 353 g/mol. The molecule has 0 unspecified atom stereocenters. The number of amides is 1. The third kappa shape index (κ3) is 3.69. The molecule has 0 aliphatic carbocycles. The standard InChI is InChI=1S/C20H17F2N3O/c1-2-12-24(14-15-7-3-4-8-16(15)21)20(26)18-11-13-25(23-18)19-10-6-5-9-17(19)22/h2-11,13H,1,12,14H2. The summed E-state index contributed by atoms with van der Waals surface area (Å²) >= 11 is 0. The van der Waals surface area contributed by atoms with Gasteiger partial charge in [-0.2, -0.15) is 5.10 Å². The molecule has 6 heteroatoms. The Morgan fingerprint density at radius 3 is 2.46 bits per heavy atom. The second kappa shape index (κ2) is 7.74. The van der Waals surface area contributed by atoms with Gasteiger partial charge >= 0.3 is 0 Å². The summed E-state index contributed by atoms with van der Waals surface area (Å²) in [4.78, 5) is 14.2. The molecule has 0 saturated carbocycles. The molecule has 132 valence electrons. The Bertz CT molecular complexity index is 936. The molecule has 0 atom stereocenters. The maximum Gasteiger partial charge on any atom is 0.274 e. The minimum atomic E-state index is -0.441. The average molecular weight is 353 g/mol. The van der Waals surface area contributed by atoms with Crippen LogP contribution >= 0.6 is 0 Å². The molecular formula is C20H17F2N3O. The number of rotatable bonds is 6. The molecule has 0 radical (unpaired) electrons. The summed E-state index contributed by atoms with van der Waals surface area (Å²) < 4.78 is 29.1. The Morgan fingerprint density at radius 2 is 1.77 bits per heavy atom. The lowest BCUT2D eigenvalue weighted by molar-refractivity contribution is 0.0755. The Morgan fingerprint density at radius 1 is 1.08 bits per heavy atom. The van der Waals surface area contributed by atoms with Gasteiger partial charge in [0.15, 0.2) is 5.69 Å². The van der Waals surface area contributed by atoms with Gasteiger partial charge in [-0.3, -0.25) is 4.79 Å². The minimum absolute atomic E-state index is 0.0874. The highest BCUT2D eigenvalue weighted by atomic mass is 19.1. The van der Waals surface area contributed by atoms with Gasteiger partial charge in [0, 0.05) is 24.8 Å². The summed E-state index contributed by atoms with van der Waals surface area (Å²) in [5.74, 6) is -1.21. The first-order chi connectivity index (χ1) is 12.6. The van der Waals surface area contributed by atoms with Crippen molar-refractivity contribution in [3.05, 3.63) is 96.3 Å². The predicted octanol–water partition coefficient (Wildman–Crippen LogP) is 3.98. The van der Waals surface area contributed by atoms with Gasteiger partial charge < -0.3 is 4.90 Å². The number of halogens is 2. The molecule has 0 saturated heterocycles. The van der Waals surface area contributed by atoms with Gasteiger partial charge in [-0.1, -0.05) is 36.4 Å². The van der Waals surface area contributed by atoms with Crippen LogP contribution in [0.4, 0.5) is 8.78 Å². The first-order valence-electron chi connectivity index (χ1n) is 8.04. The number of carbonyl (C=O) groups is 1. The van der Waals surface area contributed by atoms with Crippen LogP contribution in [0.2, 0.25) is 0 Å². The van der Waals surface area contributed by atoms with Crippen molar-refractivity contribution in [2.45, 2.75) is 6.54 Å². The fourth-order valence-corrected chi connectivity index (χ4v) is 2.58. The average Bonchev–Trinajstić information content (AvgIpc) is 3.13. The summed E-state index contributed by atoms with van der Waals surface area (Å²) in [6.07, 6.45) is 3.08. The Balaban J connectivity index is 1.85. The maximum absolute atomic E-state index is 13.9. The number of aromatic nitrogens is 2. The van der Waals surface area contributed by atoms with E-state index in [0.29, 0.717) is 5.56 Å². The van der Waals surface area contributed by atoms with E-state index in [4.69, 9.17) is 0 Å². The normalized spacial score (nSPS) is 10.5. The van der Waals surface area contributed by atoms with Gasteiger partial charge in [0.1, 0.15) is 17.3 Å². The number of hydrogen-bond acceptors (Lipinski definition) is 2. The highest BCUT2D eigenvalue weighted by Gasteiger charge is 2.19. The summed E-state index contributed by atoms with van der Waals surface area (Å²) in [5, 5.41) is 4.17. The highest BCUT2D eigenvalue weighted by molar-refractivity contribution is 5.92. The van der Waals surface area contributed by atoms with Gasteiger partial charge in [-0.25, -0.2) is 13.5 Å². The van der Waals surface area contributed by atoms with Gasteiger partial charge in [0.25, 0.3) is 5.91 Å². The van der Waals surface area contributed by atoms with E-state index in [2.05, 4.69) is 11.7 Å². The molecule has 0 aliphatic heterocycles. The molecule has 0 bridgehead atoms. The summed E-state index contributed by atoms with van der Waals surface area (Å²) in [6, 6.07) is 13.9.